The average Bonchev–Trinajstić information content (AvgIpc) is 2.47. The number of carbonyl (C=O) groups excluding carboxylic acids is 1. The van der Waals surface area contributed by atoms with Crippen LogP contribution in [0.25, 0.3) is 0 Å². The molecule has 0 fully saturated rings. The first-order valence-corrected chi connectivity index (χ1v) is 7.35. The molecule has 1 heterocycles. The zero-order valence-electron chi connectivity index (χ0n) is 9.78. The van der Waals surface area contributed by atoms with Crippen molar-refractivity contribution in [1.29, 1.82) is 0 Å². The van der Waals surface area contributed by atoms with Crippen LogP contribution >= 0.6 is 31.9 Å². The topological polar surface area (TPSA) is 50.2 Å². The van der Waals surface area contributed by atoms with E-state index in [-0.39, 0.29) is 11.5 Å². The lowest BCUT2D eigenvalue weighted by molar-refractivity contribution is 0.103. The number of phenolic OH excluding ortho intramolecular Hbond substituents is 1. The fraction of sp³-hybridized carbons (Fsp3) is 0.143. The third kappa shape index (κ3) is 2.21. The number of aromatic nitrogens is 1. The van der Waals surface area contributed by atoms with Gasteiger partial charge < -0.3 is 5.11 Å². The number of hydrogen-bond acceptors (Lipinski definition) is 3. The first-order chi connectivity index (χ1) is 9.06. The SMILES string of the molecule is O=C1c2ncc(Br)cc2CCc2cc(O)cc(Br)c21. The second kappa shape index (κ2) is 4.72. The van der Waals surface area contributed by atoms with Gasteiger partial charge in [-0.25, -0.2) is 0 Å². The molecule has 5 heteroatoms. The maximum atomic E-state index is 12.6. The molecule has 3 rings (SSSR count). The van der Waals surface area contributed by atoms with E-state index in [0.717, 1.165) is 22.0 Å². The highest BCUT2D eigenvalue weighted by Gasteiger charge is 2.25. The average molecular weight is 383 g/mol. The van der Waals surface area contributed by atoms with E-state index in [1.807, 2.05) is 6.07 Å². The summed E-state index contributed by atoms with van der Waals surface area (Å²) < 4.78 is 1.48. The summed E-state index contributed by atoms with van der Waals surface area (Å²) in [6, 6.07) is 5.12. The van der Waals surface area contributed by atoms with E-state index < -0.39 is 0 Å². The molecule has 0 atom stereocenters. The minimum Gasteiger partial charge on any atom is -0.508 e. The Bertz CT molecular complexity index is 698. The number of pyridine rings is 1. The van der Waals surface area contributed by atoms with Crippen LogP contribution < -0.4 is 0 Å². The second-order valence-corrected chi connectivity index (χ2v) is 6.22. The van der Waals surface area contributed by atoms with Gasteiger partial charge in [0.2, 0.25) is 5.78 Å². The quantitative estimate of drug-likeness (QED) is 0.756. The molecule has 0 spiro atoms. The first-order valence-electron chi connectivity index (χ1n) is 5.77. The highest BCUT2D eigenvalue weighted by Crippen LogP contribution is 2.32. The Labute approximate surface area is 126 Å². The zero-order chi connectivity index (χ0) is 13.6. The molecule has 1 aliphatic carbocycles. The summed E-state index contributed by atoms with van der Waals surface area (Å²) in [5.74, 6) is 0.0698. The number of nitrogens with zero attached hydrogens (tertiary/aromatic N) is 1. The van der Waals surface area contributed by atoms with Gasteiger partial charge in [0, 0.05) is 20.7 Å². The molecule has 0 bridgehead atoms. The van der Waals surface area contributed by atoms with Gasteiger partial charge in [-0.3, -0.25) is 9.78 Å². The van der Waals surface area contributed by atoms with Gasteiger partial charge in [-0.2, -0.15) is 0 Å². The van der Waals surface area contributed by atoms with E-state index in [1.54, 1.807) is 18.3 Å². The molecule has 0 saturated heterocycles. The van der Waals surface area contributed by atoms with Crippen LogP contribution in [0.4, 0.5) is 0 Å². The second-order valence-electron chi connectivity index (χ2n) is 4.45. The number of carbonyl (C=O) groups is 1. The summed E-state index contributed by atoms with van der Waals surface area (Å²) in [6.07, 6.45) is 3.08. The molecule has 1 aromatic heterocycles. The molecule has 3 nitrogen and oxygen atoms in total. The standard InChI is InChI=1S/C14H9Br2NO2/c15-9-3-8-2-1-7-4-10(18)5-11(16)12(7)14(19)13(8)17-6-9/h3-6,18H,1-2H2. The number of phenols is 1. The van der Waals surface area contributed by atoms with Crippen LogP contribution in [0.1, 0.15) is 27.2 Å². The minimum absolute atomic E-state index is 0.0955. The van der Waals surface area contributed by atoms with Crippen LogP contribution in [0.5, 0.6) is 5.75 Å². The third-order valence-corrected chi connectivity index (χ3v) is 4.25. The Morgan fingerprint density at radius 1 is 1.11 bits per heavy atom. The number of ketones is 1. The molecule has 1 aromatic carbocycles. The number of benzene rings is 1. The number of halogens is 2. The number of aryl methyl sites for hydroxylation is 2. The van der Waals surface area contributed by atoms with E-state index in [1.165, 1.54) is 0 Å². The summed E-state index contributed by atoms with van der Waals surface area (Å²) in [6.45, 7) is 0. The van der Waals surface area contributed by atoms with Gasteiger partial charge in [-0.05, 0) is 74.0 Å². The monoisotopic (exact) mass is 381 g/mol. The van der Waals surface area contributed by atoms with Crippen molar-refractivity contribution < 1.29 is 9.90 Å². The van der Waals surface area contributed by atoms with Crippen molar-refractivity contribution in [3.05, 3.63) is 55.7 Å². The van der Waals surface area contributed by atoms with Crippen molar-refractivity contribution in [2.45, 2.75) is 12.8 Å². The van der Waals surface area contributed by atoms with Gasteiger partial charge in [0.15, 0.2) is 0 Å². The van der Waals surface area contributed by atoms with Crippen molar-refractivity contribution in [1.82, 2.24) is 4.98 Å². The van der Waals surface area contributed by atoms with E-state index in [4.69, 9.17) is 0 Å². The third-order valence-electron chi connectivity index (χ3n) is 3.20. The summed E-state index contributed by atoms with van der Waals surface area (Å²) >= 11 is 6.73. The molecular weight excluding hydrogens is 374 g/mol. The molecular formula is C14H9Br2NO2. The van der Waals surface area contributed by atoms with Crippen LogP contribution in [0.3, 0.4) is 0 Å². The maximum Gasteiger partial charge on any atom is 0.213 e. The molecule has 0 amide bonds. The summed E-state index contributed by atoms with van der Waals surface area (Å²) in [5.41, 5.74) is 2.88. The normalized spacial score (nSPS) is 13.7. The molecule has 0 aliphatic heterocycles. The van der Waals surface area contributed by atoms with Gasteiger partial charge in [0.05, 0.1) is 0 Å². The zero-order valence-corrected chi connectivity index (χ0v) is 13.0. The molecule has 0 radical (unpaired) electrons. The molecule has 96 valence electrons. The van der Waals surface area contributed by atoms with E-state index in [2.05, 4.69) is 36.8 Å². The Morgan fingerprint density at radius 3 is 2.63 bits per heavy atom. The van der Waals surface area contributed by atoms with E-state index in [9.17, 15) is 9.90 Å². The molecule has 19 heavy (non-hydrogen) atoms. The smallest absolute Gasteiger partial charge is 0.213 e. The van der Waals surface area contributed by atoms with Gasteiger partial charge >= 0.3 is 0 Å². The van der Waals surface area contributed by atoms with Crippen molar-refractivity contribution >= 4 is 37.6 Å². The van der Waals surface area contributed by atoms with Crippen molar-refractivity contribution in [3.63, 3.8) is 0 Å². The van der Waals surface area contributed by atoms with Crippen LogP contribution in [0.2, 0.25) is 0 Å². The van der Waals surface area contributed by atoms with E-state index in [0.29, 0.717) is 22.2 Å². The van der Waals surface area contributed by atoms with Crippen LogP contribution in [-0.2, 0) is 12.8 Å². The van der Waals surface area contributed by atoms with Crippen LogP contribution in [0.15, 0.2) is 33.3 Å². The summed E-state index contributed by atoms with van der Waals surface area (Å²) in [5, 5.41) is 9.64. The van der Waals surface area contributed by atoms with Crippen molar-refractivity contribution in [2.24, 2.45) is 0 Å². The van der Waals surface area contributed by atoms with Gasteiger partial charge in [0.1, 0.15) is 11.4 Å². The number of hydrogen-bond donors (Lipinski definition) is 1. The van der Waals surface area contributed by atoms with Crippen LogP contribution in [0, 0.1) is 0 Å². The Morgan fingerprint density at radius 2 is 1.84 bits per heavy atom. The lowest BCUT2D eigenvalue weighted by atomic mass is 10.0. The summed E-state index contributed by atoms with van der Waals surface area (Å²) in [4.78, 5) is 16.8. The van der Waals surface area contributed by atoms with Crippen molar-refractivity contribution in [2.75, 3.05) is 0 Å². The number of fused-ring (bicyclic) bond motifs is 2. The predicted octanol–water partition coefficient (Wildman–Crippen LogP) is 3.64. The Balaban J connectivity index is 2.23. The molecule has 1 N–H and O–H groups in total. The lowest BCUT2D eigenvalue weighted by Gasteiger charge is -2.08. The lowest BCUT2D eigenvalue weighted by Crippen LogP contribution is -2.07. The fourth-order valence-corrected chi connectivity index (χ4v) is 3.41. The molecule has 1 aliphatic rings. The predicted molar refractivity (Wildman–Crippen MR) is 78.6 cm³/mol. The van der Waals surface area contributed by atoms with Gasteiger partial charge in [-0.15, -0.1) is 0 Å². The molecule has 0 unspecified atom stereocenters. The molecule has 0 saturated carbocycles. The highest BCUT2D eigenvalue weighted by molar-refractivity contribution is 9.10. The number of aromatic hydroxyl groups is 1. The van der Waals surface area contributed by atoms with Gasteiger partial charge in [-0.1, -0.05) is 0 Å². The maximum absolute atomic E-state index is 12.6. The first kappa shape index (κ1) is 12.8. The number of rotatable bonds is 0. The summed E-state index contributed by atoms with van der Waals surface area (Å²) in [7, 11) is 0. The Kier molecular flexibility index (Phi) is 3.19. The largest absolute Gasteiger partial charge is 0.508 e. The Hall–Kier alpha value is -1.20. The van der Waals surface area contributed by atoms with Crippen LogP contribution in [-0.4, -0.2) is 15.9 Å². The molecule has 2 aromatic rings. The highest BCUT2D eigenvalue weighted by atomic mass is 79.9. The van der Waals surface area contributed by atoms with Crippen molar-refractivity contribution in [3.8, 4) is 5.75 Å². The fourth-order valence-electron chi connectivity index (χ4n) is 2.36. The van der Waals surface area contributed by atoms with E-state index >= 15 is 0 Å². The minimum atomic E-state index is -0.0955. The van der Waals surface area contributed by atoms with Gasteiger partial charge in [0.25, 0.3) is 0 Å².